The summed E-state index contributed by atoms with van der Waals surface area (Å²) in [6.45, 7) is 9.43. The van der Waals surface area contributed by atoms with Crippen molar-refractivity contribution in [3.8, 4) is 0 Å². The Hall–Kier alpha value is -1.43. The average Bonchev–Trinajstić information content (AvgIpc) is 2.64. The molecule has 102 valence electrons. The highest BCUT2D eigenvalue weighted by Crippen LogP contribution is 2.15. The first-order valence-corrected chi connectivity index (χ1v) is 6.12. The van der Waals surface area contributed by atoms with Crippen molar-refractivity contribution in [2.75, 3.05) is 0 Å². The Morgan fingerprint density at radius 1 is 1.50 bits per heavy atom. The first-order chi connectivity index (χ1) is 8.20. The summed E-state index contributed by atoms with van der Waals surface area (Å²) in [5.41, 5.74) is -0.591. The summed E-state index contributed by atoms with van der Waals surface area (Å²) in [6.07, 6.45) is 1.58. The Balaban J connectivity index is 2.58. The van der Waals surface area contributed by atoms with Crippen LogP contribution in [0, 0.1) is 5.92 Å². The lowest BCUT2D eigenvalue weighted by atomic mass is 10.1. The molecule has 1 rings (SSSR count). The zero-order chi connectivity index (χ0) is 13.9. The van der Waals surface area contributed by atoms with Crippen molar-refractivity contribution >= 4 is 5.91 Å². The largest absolute Gasteiger partial charge is 0.384 e. The maximum absolute atomic E-state index is 11.7. The third-order valence-corrected chi connectivity index (χ3v) is 2.86. The summed E-state index contributed by atoms with van der Waals surface area (Å²) in [4.78, 5) is 11.7. The van der Waals surface area contributed by atoms with Gasteiger partial charge in [0.15, 0.2) is 0 Å². The van der Waals surface area contributed by atoms with Crippen LogP contribution in [0.15, 0.2) is 6.20 Å². The Morgan fingerprint density at radius 3 is 2.56 bits per heavy atom. The van der Waals surface area contributed by atoms with E-state index in [0.29, 0.717) is 11.6 Å². The van der Waals surface area contributed by atoms with Gasteiger partial charge in [-0.25, -0.2) is 4.68 Å². The highest BCUT2D eigenvalue weighted by atomic mass is 16.3. The van der Waals surface area contributed by atoms with E-state index < -0.39 is 5.60 Å². The van der Waals surface area contributed by atoms with Gasteiger partial charge in [-0.3, -0.25) is 4.79 Å². The summed E-state index contributed by atoms with van der Waals surface area (Å²) < 4.78 is 1.43. The second-order valence-electron chi connectivity index (χ2n) is 5.46. The third-order valence-electron chi connectivity index (χ3n) is 2.86. The Kier molecular flexibility index (Phi) is 4.45. The van der Waals surface area contributed by atoms with Gasteiger partial charge in [0.25, 0.3) is 0 Å². The number of rotatable bonds is 5. The molecule has 0 aliphatic heterocycles. The fraction of sp³-hybridized carbons (Fsp3) is 0.750. The second-order valence-corrected chi connectivity index (χ2v) is 5.46. The van der Waals surface area contributed by atoms with Crippen molar-refractivity contribution in [3.05, 3.63) is 11.9 Å². The van der Waals surface area contributed by atoms with Gasteiger partial charge in [0.1, 0.15) is 17.8 Å². The smallest absolute Gasteiger partial charge is 0.242 e. The minimum atomic E-state index is -1.04. The van der Waals surface area contributed by atoms with E-state index in [-0.39, 0.29) is 18.5 Å². The number of carbonyl (C=O) groups is 1. The first kappa shape index (κ1) is 14.6. The third kappa shape index (κ3) is 4.10. The van der Waals surface area contributed by atoms with Gasteiger partial charge in [-0.15, -0.1) is 5.10 Å². The highest BCUT2D eigenvalue weighted by molar-refractivity contribution is 5.75. The quantitative estimate of drug-likeness (QED) is 0.809. The van der Waals surface area contributed by atoms with E-state index in [1.807, 2.05) is 20.8 Å². The van der Waals surface area contributed by atoms with Gasteiger partial charge in [0.2, 0.25) is 5.91 Å². The number of nitrogens with zero attached hydrogens (tertiary/aromatic N) is 3. The molecule has 1 aromatic rings. The molecule has 0 fully saturated rings. The van der Waals surface area contributed by atoms with Crippen LogP contribution in [0.25, 0.3) is 0 Å². The minimum Gasteiger partial charge on any atom is -0.384 e. The van der Waals surface area contributed by atoms with Crippen LogP contribution in [0.1, 0.15) is 40.3 Å². The van der Waals surface area contributed by atoms with Crippen molar-refractivity contribution in [3.63, 3.8) is 0 Å². The topological polar surface area (TPSA) is 80.0 Å². The van der Waals surface area contributed by atoms with Crippen LogP contribution in [0.5, 0.6) is 0 Å². The summed E-state index contributed by atoms with van der Waals surface area (Å²) in [5.74, 6) is 0.278. The number of hydrogen-bond donors (Lipinski definition) is 2. The lowest BCUT2D eigenvalue weighted by Gasteiger charge is -2.17. The minimum absolute atomic E-state index is 0.108. The molecule has 0 saturated carbocycles. The van der Waals surface area contributed by atoms with Crippen LogP contribution in [0.3, 0.4) is 0 Å². The van der Waals surface area contributed by atoms with Crippen LogP contribution in [0.2, 0.25) is 0 Å². The van der Waals surface area contributed by atoms with E-state index in [2.05, 4.69) is 15.6 Å². The van der Waals surface area contributed by atoms with Gasteiger partial charge in [-0.2, -0.15) is 0 Å². The molecule has 18 heavy (non-hydrogen) atoms. The molecule has 6 nitrogen and oxygen atoms in total. The molecule has 1 unspecified atom stereocenters. The molecule has 1 atom stereocenters. The molecule has 0 saturated heterocycles. The molecular formula is C12H22N4O2. The fourth-order valence-corrected chi connectivity index (χ4v) is 1.27. The molecule has 0 bridgehead atoms. The van der Waals surface area contributed by atoms with Gasteiger partial charge in [-0.1, -0.05) is 19.1 Å². The molecule has 0 aromatic carbocycles. The van der Waals surface area contributed by atoms with Crippen LogP contribution < -0.4 is 5.32 Å². The Labute approximate surface area is 107 Å². The van der Waals surface area contributed by atoms with Gasteiger partial charge < -0.3 is 10.4 Å². The van der Waals surface area contributed by atoms with Crippen molar-refractivity contribution in [2.45, 2.75) is 52.8 Å². The average molecular weight is 254 g/mol. The Bertz CT molecular complexity index is 406. The molecular weight excluding hydrogens is 232 g/mol. The first-order valence-electron chi connectivity index (χ1n) is 6.12. The number of aliphatic hydroxyl groups is 1. The van der Waals surface area contributed by atoms with Gasteiger partial charge in [0, 0.05) is 6.04 Å². The number of amides is 1. The van der Waals surface area contributed by atoms with Crippen LogP contribution in [0.4, 0.5) is 0 Å². The summed E-state index contributed by atoms with van der Waals surface area (Å²) >= 11 is 0. The predicted molar refractivity (Wildman–Crippen MR) is 67.7 cm³/mol. The predicted octanol–water partition coefficient (Wildman–Crippen LogP) is 0.666. The molecule has 1 amide bonds. The maximum Gasteiger partial charge on any atom is 0.242 e. The molecule has 0 aliphatic carbocycles. The maximum atomic E-state index is 11.7. The molecule has 0 radical (unpaired) electrons. The normalized spacial score (nSPS) is 13.7. The summed E-state index contributed by atoms with van der Waals surface area (Å²) in [7, 11) is 0. The van der Waals surface area contributed by atoms with Crippen molar-refractivity contribution in [2.24, 2.45) is 5.92 Å². The molecule has 6 heteroatoms. The number of nitrogens with one attached hydrogen (secondary N) is 1. The van der Waals surface area contributed by atoms with Gasteiger partial charge in [0.05, 0.1) is 6.20 Å². The zero-order valence-corrected chi connectivity index (χ0v) is 11.6. The summed E-state index contributed by atoms with van der Waals surface area (Å²) in [5, 5.41) is 20.3. The van der Waals surface area contributed by atoms with Crippen LogP contribution >= 0.6 is 0 Å². The van der Waals surface area contributed by atoms with Crippen molar-refractivity contribution < 1.29 is 9.90 Å². The van der Waals surface area contributed by atoms with Gasteiger partial charge >= 0.3 is 0 Å². The lowest BCUT2D eigenvalue weighted by molar-refractivity contribution is -0.122. The zero-order valence-electron chi connectivity index (χ0n) is 11.6. The highest BCUT2D eigenvalue weighted by Gasteiger charge is 2.20. The fourth-order valence-electron chi connectivity index (χ4n) is 1.27. The monoisotopic (exact) mass is 254 g/mol. The lowest BCUT2D eigenvalue weighted by Crippen LogP contribution is -2.38. The molecule has 2 N–H and O–H groups in total. The summed E-state index contributed by atoms with van der Waals surface area (Å²) in [6, 6.07) is 0.120. The number of carbonyl (C=O) groups excluding carboxylic acids is 1. The SMILES string of the molecule is CC(C)C(C)NC(=O)Cn1cc(C(C)(C)O)nn1. The van der Waals surface area contributed by atoms with Crippen LogP contribution in [-0.4, -0.2) is 32.0 Å². The van der Waals surface area contributed by atoms with Crippen molar-refractivity contribution in [1.29, 1.82) is 0 Å². The molecule has 0 aliphatic rings. The van der Waals surface area contributed by atoms with Crippen LogP contribution in [-0.2, 0) is 16.9 Å². The number of hydrogen-bond acceptors (Lipinski definition) is 4. The Morgan fingerprint density at radius 2 is 2.11 bits per heavy atom. The van der Waals surface area contributed by atoms with E-state index in [9.17, 15) is 9.90 Å². The standard InChI is InChI=1S/C12H22N4O2/c1-8(2)9(3)13-11(17)7-16-6-10(14-15-16)12(4,5)18/h6,8-9,18H,7H2,1-5H3,(H,13,17). The molecule has 0 spiro atoms. The van der Waals surface area contributed by atoms with Gasteiger partial charge in [-0.05, 0) is 26.7 Å². The number of aromatic nitrogens is 3. The van der Waals surface area contributed by atoms with E-state index in [4.69, 9.17) is 0 Å². The van der Waals surface area contributed by atoms with E-state index in [0.717, 1.165) is 0 Å². The molecule has 1 heterocycles. The van der Waals surface area contributed by atoms with E-state index in [1.165, 1.54) is 4.68 Å². The van der Waals surface area contributed by atoms with E-state index >= 15 is 0 Å². The van der Waals surface area contributed by atoms with E-state index in [1.54, 1.807) is 20.0 Å². The van der Waals surface area contributed by atoms with Crippen molar-refractivity contribution in [1.82, 2.24) is 20.3 Å². The molecule has 1 aromatic heterocycles. The second kappa shape index (κ2) is 5.48.